The lowest BCUT2D eigenvalue weighted by Crippen LogP contribution is -2.41. The van der Waals surface area contributed by atoms with Crippen LogP contribution in [0.3, 0.4) is 0 Å². The maximum Gasteiger partial charge on any atom is 0.146 e. The van der Waals surface area contributed by atoms with E-state index in [1.54, 1.807) is 0 Å². The molecule has 1 saturated heterocycles. The number of nitrogens with zero attached hydrogens (tertiary/aromatic N) is 1. The first-order chi connectivity index (χ1) is 5.24. The molecule has 0 saturated carbocycles. The minimum Gasteiger partial charge on any atom is -0.298 e. The zero-order chi connectivity index (χ0) is 8.27. The van der Waals surface area contributed by atoms with Crippen molar-refractivity contribution in [3.8, 4) is 0 Å². The number of rotatable bonds is 2. The van der Waals surface area contributed by atoms with E-state index in [9.17, 15) is 4.79 Å². The quantitative estimate of drug-likeness (QED) is 0.731. The SMILES string of the molecule is Br.CCC(C)N1CCCC(=O)C1. The van der Waals surface area contributed by atoms with Gasteiger partial charge in [0, 0.05) is 12.5 Å². The van der Waals surface area contributed by atoms with Crippen molar-refractivity contribution in [2.75, 3.05) is 13.1 Å². The third-order valence-corrected chi connectivity index (χ3v) is 2.49. The third kappa shape index (κ3) is 3.23. The zero-order valence-electron chi connectivity index (χ0n) is 7.88. The van der Waals surface area contributed by atoms with Crippen molar-refractivity contribution in [3.63, 3.8) is 0 Å². The molecule has 0 aromatic carbocycles. The minimum absolute atomic E-state index is 0. The Morgan fingerprint density at radius 1 is 1.58 bits per heavy atom. The summed E-state index contributed by atoms with van der Waals surface area (Å²) < 4.78 is 0. The number of piperidine rings is 1. The smallest absolute Gasteiger partial charge is 0.146 e. The fourth-order valence-corrected chi connectivity index (χ4v) is 1.50. The second-order valence-corrected chi connectivity index (χ2v) is 3.37. The zero-order valence-corrected chi connectivity index (χ0v) is 9.59. The summed E-state index contributed by atoms with van der Waals surface area (Å²) in [5.74, 6) is 0.413. The van der Waals surface area contributed by atoms with Crippen molar-refractivity contribution in [2.45, 2.75) is 39.2 Å². The summed E-state index contributed by atoms with van der Waals surface area (Å²) in [5.41, 5.74) is 0. The molecule has 0 radical (unpaired) electrons. The first kappa shape index (κ1) is 12.1. The maximum atomic E-state index is 11.1. The van der Waals surface area contributed by atoms with E-state index in [1.165, 1.54) is 0 Å². The van der Waals surface area contributed by atoms with Crippen LogP contribution < -0.4 is 0 Å². The second kappa shape index (κ2) is 5.70. The van der Waals surface area contributed by atoms with Crippen LogP contribution in [0.15, 0.2) is 0 Å². The topological polar surface area (TPSA) is 20.3 Å². The molecule has 1 fully saturated rings. The van der Waals surface area contributed by atoms with Gasteiger partial charge in [0.1, 0.15) is 5.78 Å². The monoisotopic (exact) mass is 235 g/mol. The van der Waals surface area contributed by atoms with Gasteiger partial charge in [-0.25, -0.2) is 0 Å². The van der Waals surface area contributed by atoms with Gasteiger partial charge in [-0.2, -0.15) is 0 Å². The van der Waals surface area contributed by atoms with Gasteiger partial charge in [0.2, 0.25) is 0 Å². The Labute approximate surface area is 85.1 Å². The van der Waals surface area contributed by atoms with Crippen LogP contribution in [0.25, 0.3) is 0 Å². The number of halogens is 1. The molecule has 72 valence electrons. The fourth-order valence-electron chi connectivity index (χ4n) is 1.50. The molecule has 0 aromatic heterocycles. The van der Waals surface area contributed by atoms with Crippen LogP contribution in [-0.4, -0.2) is 29.8 Å². The average Bonchev–Trinajstić information content (AvgIpc) is 2.03. The van der Waals surface area contributed by atoms with Crippen LogP contribution in [0.1, 0.15) is 33.1 Å². The van der Waals surface area contributed by atoms with Gasteiger partial charge < -0.3 is 0 Å². The Morgan fingerprint density at radius 2 is 2.25 bits per heavy atom. The molecule has 0 amide bonds. The van der Waals surface area contributed by atoms with E-state index in [2.05, 4.69) is 18.7 Å². The first-order valence-electron chi connectivity index (χ1n) is 4.49. The van der Waals surface area contributed by atoms with Gasteiger partial charge >= 0.3 is 0 Å². The molecule has 1 heterocycles. The lowest BCUT2D eigenvalue weighted by molar-refractivity contribution is -0.122. The van der Waals surface area contributed by atoms with Gasteiger partial charge in [-0.3, -0.25) is 9.69 Å². The second-order valence-electron chi connectivity index (χ2n) is 3.37. The molecule has 1 unspecified atom stereocenters. The van der Waals surface area contributed by atoms with Crippen LogP contribution in [0.4, 0.5) is 0 Å². The van der Waals surface area contributed by atoms with Gasteiger partial charge in [-0.1, -0.05) is 6.92 Å². The molecule has 1 rings (SSSR count). The van der Waals surface area contributed by atoms with Gasteiger partial charge in [-0.05, 0) is 26.3 Å². The predicted octanol–water partition coefficient (Wildman–Crippen LogP) is 2.03. The van der Waals surface area contributed by atoms with Crippen LogP contribution in [-0.2, 0) is 4.79 Å². The molecule has 0 aliphatic carbocycles. The highest BCUT2D eigenvalue weighted by Gasteiger charge is 2.19. The average molecular weight is 236 g/mol. The summed E-state index contributed by atoms with van der Waals surface area (Å²) in [5, 5.41) is 0. The molecule has 1 aliphatic heterocycles. The third-order valence-electron chi connectivity index (χ3n) is 2.49. The number of likely N-dealkylation sites (tertiary alicyclic amines) is 1. The Morgan fingerprint density at radius 3 is 2.75 bits per heavy atom. The van der Waals surface area contributed by atoms with Crippen molar-refractivity contribution in [1.82, 2.24) is 4.90 Å². The van der Waals surface area contributed by atoms with Crippen LogP contribution >= 0.6 is 17.0 Å². The molecule has 1 aliphatic rings. The van der Waals surface area contributed by atoms with E-state index in [1.807, 2.05) is 0 Å². The number of ketones is 1. The van der Waals surface area contributed by atoms with Gasteiger partial charge in [0.15, 0.2) is 0 Å². The molecule has 0 bridgehead atoms. The lowest BCUT2D eigenvalue weighted by atomic mass is 10.1. The first-order valence-corrected chi connectivity index (χ1v) is 4.49. The van der Waals surface area contributed by atoms with E-state index in [0.29, 0.717) is 18.4 Å². The molecule has 2 nitrogen and oxygen atoms in total. The Bertz CT molecular complexity index is 149. The lowest BCUT2D eigenvalue weighted by Gasteiger charge is -2.30. The summed E-state index contributed by atoms with van der Waals surface area (Å²) in [6.07, 6.45) is 3.00. The minimum atomic E-state index is 0. The van der Waals surface area contributed by atoms with E-state index in [0.717, 1.165) is 25.8 Å². The molecular formula is C9H18BrNO. The highest BCUT2D eigenvalue weighted by atomic mass is 79.9. The van der Waals surface area contributed by atoms with Crippen LogP contribution in [0.2, 0.25) is 0 Å². The highest BCUT2D eigenvalue weighted by Crippen LogP contribution is 2.11. The van der Waals surface area contributed by atoms with E-state index in [-0.39, 0.29) is 17.0 Å². The van der Waals surface area contributed by atoms with Crippen molar-refractivity contribution >= 4 is 22.8 Å². The summed E-state index contributed by atoms with van der Waals surface area (Å²) in [4.78, 5) is 13.3. The largest absolute Gasteiger partial charge is 0.298 e. The summed E-state index contributed by atoms with van der Waals surface area (Å²) >= 11 is 0. The van der Waals surface area contributed by atoms with Crippen molar-refractivity contribution in [1.29, 1.82) is 0 Å². The fraction of sp³-hybridized carbons (Fsp3) is 0.889. The van der Waals surface area contributed by atoms with Crippen molar-refractivity contribution < 1.29 is 4.79 Å². The van der Waals surface area contributed by atoms with E-state index < -0.39 is 0 Å². The Kier molecular flexibility index (Phi) is 5.76. The number of hydrogen-bond donors (Lipinski definition) is 0. The van der Waals surface area contributed by atoms with E-state index >= 15 is 0 Å². The maximum absolute atomic E-state index is 11.1. The van der Waals surface area contributed by atoms with E-state index in [4.69, 9.17) is 0 Å². The predicted molar refractivity (Wildman–Crippen MR) is 55.9 cm³/mol. The normalized spacial score (nSPS) is 21.7. The Hall–Kier alpha value is 0.110. The van der Waals surface area contributed by atoms with Crippen molar-refractivity contribution in [3.05, 3.63) is 0 Å². The number of carbonyl (C=O) groups is 1. The number of Topliss-reactive ketones (excluding diaryl/α,β-unsaturated/α-hetero) is 1. The molecule has 3 heteroatoms. The molecular weight excluding hydrogens is 218 g/mol. The van der Waals surface area contributed by atoms with Crippen LogP contribution in [0.5, 0.6) is 0 Å². The van der Waals surface area contributed by atoms with Gasteiger partial charge in [0.25, 0.3) is 0 Å². The van der Waals surface area contributed by atoms with Crippen LogP contribution in [0, 0.1) is 0 Å². The summed E-state index contributed by atoms with van der Waals surface area (Å²) in [6, 6.07) is 0.583. The van der Waals surface area contributed by atoms with Crippen molar-refractivity contribution in [2.24, 2.45) is 0 Å². The summed E-state index contributed by atoms with van der Waals surface area (Å²) in [6.45, 7) is 6.16. The summed E-state index contributed by atoms with van der Waals surface area (Å²) in [7, 11) is 0. The standard InChI is InChI=1S/C9H17NO.BrH/c1-3-8(2)10-6-4-5-9(11)7-10;/h8H,3-7H2,1-2H3;1H. The molecule has 0 spiro atoms. The number of hydrogen-bond acceptors (Lipinski definition) is 2. The molecule has 0 N–H and O–H groups in total. The Balaban J connectivity index is 0.00000121. The number of carbonyl (C=O) groups excluding carboxylic acids is 1. The van der Waals surface area contributed by atoms with Gasteiger partial charge in [-0.15, -0.1) is 17.0 Å². The molecule has 12 heavy (non-hydrogen) atoms. The molecule has 1 atom stereocenters. The van der Waals surface area contributed by atoms with Gasteiger partial charge in [0.05, 0.1) is 6.54 Å². The molecule has 0 aromatic rings. The highest BCUT2D eigenvalue weighted by molar-refractivity contribution is 8.93.